The number of halogens is 1. The standard InChI is InChI=1S/C21H29N3O.ClH/c1-25-21-9-7-18(8-10-21)16-24(17-19-5-4-12-22-15-19)14-11-20-6-2-3-13-23-20;/h2-3,6-10,13,19,22H,4-5,11-12,14-17H2,1H3;1H. The van der Waals surface area contributed by atoms with Gasteiger partial charge in [-0.05, 0) is 61.7 Å². The highest BCUT2D eigenvalue weighted by Crippen LogP contribution is 2.17. The van der Waals surface area contributed by atoms with Gasteiger partial charge in [0.05, 0.1) is 7.11 Å². The molecule has 1 aromatic carbocycles. The van der Waals surface area contributed by atoms with E-state index in [1.54, 1.807) is 7.11 Å². The van der Waals surface area contributed by atoms with Gasteiger partial charge in [-0.1, -0.05) is 18.2 Å². The summed E-state index contributed by atoms with van der Waals surface area (Å²) in [6.45, 7) is 5.48. The molecule has 1 fully saturated rings. The summed E-state index contributed by atoms with van der Waals surface area (Å²) in [5.41, 5.74) is 2.51. The van der Waals surface area contributed by atoms with Crippen LogP contribution in [0.5, 0.6) is 5.75 Å². The van der Waals surface area contributed by atoms with Crippen LogP contribution in [0.4, 0.5) is 0 Å². The van der Waals surface area contributed by atoms with Crippen LogP contribution in [0.1, 0.15) is 24.1 Å². The Balaban J connectivity index is 0.00000243. The number of hydrogen-bond acceptors (Lipinski definition) is 4. The molecule has 5 heteroatoms. The molecular formula is C21H30ClN3O. The summed E-state index contributed by atoms with van der Waals surface area (Å²) in [7, 11) is 1.71. The lowest BCUT2D eigenvalue weighted by Crippen LogP contribution is -2.38. The Kier molecular flexibility index (Phi) is 8.89. The van der Waals surface area contributed by atoms with Crippen LogP contribution in [-0.2, 0) is 13.0 Å². The van der Waals surface area contributed by atoms with E-state index in [9.17, 15) is 0 Å². The van der Waals surface area contributed by atoms with Crippen molar-refractivity contribution >= 4 is 12.4 Å². The largest absolute Gasteiger partial charge is 0.497 e. The summed E-state index contributed by atoms with van der Waals surface area (Å²) in [6.07, 6.45) is 5.50. The van der Waals surface area contributed by atoms with Crippen LogP contribution in [0.15, 0.2) is 48.7 Å². The molecule has 0 spiro atoms. The molecule has 1 N–H and O–H groups in total. The first kappa shape index (κ1) is 20.7. The Labute approximate surface area is 163 Å². The maximum absolute atomic E-state index is 5.27. The molecule has 0 aliphatic carbocycles. The van der Waals surface area contributed by atoms with Gasteiger partial charge >= 0.3 is 0 Å². The molecular weight excluding hydrogens is 346 g/mol. The zero-order valence-electron chi connectivity index (χ0n) is 15.6. The first-order chi connectivity index (χ1) is 12.3. The molecule has 1 saturated heterocycles. The second-order valence-electron chi connectivity index (χ2n) is 6.87. The van der Waals surface area contributed by atoms with Crippen molar-refractivity contribution in [2.45, 2.75) is 25.8 Å². The van der Waals surface area contributed by atoms with Gasteiger partial charge < -0.3 is 10.1 Å². The molecule has 1 unspecified atom stereocenters. The topological polar surface area (TPSA) is 37.4 Å². The number of benzene rings is 1. The number of aromatic nitrogens is 1. The van der Waals surface area contributed by atoms with Crippen LogP contribution in [0.25, 0.3) is 0 Å². The monoisotopic (exact) mass is 375 g/mol. The molecule has 1 atom stereocenters. The van der Waals surface area contributed by atoms with E-state index in [0.29, 0.717) is 0 Å². The highest BCUT2D eigenvalue weighted by molar-refractivity contribution is 5.85. The Morgan fingerprint density at radius 3 is 2.69 bits per heavy atom. The van der Waals surface area contributed by atoms with Crippen molar-refractivity contribution in [3.63, 3.8) is 0 Å². The molecule has 1 aliphatic rings. The van der Waals surface area contributed by atoms with Crippen LogP contribution >= 0.6 is 12.4 Å². The van der Waals surface area contributed by atoms with Gasteiger partial charge in [-0.15, -0.1) is 12.4 Å². The van der Waals surface area contributed by atoms with Crippen molar-refractivity contribution in [1.82, 2.24) is 15.2 Å². The number of ether oxygens (including phenoxy) is 1. The normalized spacial score (nSPS) is 16.9. The molecule has 3 rings (SSSR count). The highest BCUT2D eigenvalue weighted by atomic mass is 35.5. The molecule has 2 heterocycles. The van der Waals surface area contributed by atoms with E-state index < -0.39 is 0 Å². The van der Waals surface area contributed by atoms with E-state index in [2.05, 4.69) is 51.6 Å². The molecule has 2 aromatic rings. The number of rotatable bonds is 8. The van der Waals surface area contributed by atoms with Crippen LogP contribution in [0, 0.1) is 5.92 Å². The van der Waals surface area contributed by atoms with E-state index in [-0.39, 0.29) is 12.4 Å². The maximum Gasteiger partial charge on any atom is 0.118 e. The third-order valence-corrected chi connectivity index (χ3v) is 4.89. The number of nitrogens with zero attached hydrogens (tertiary/aromatic N) is 2. The highest BCUT2D eigenvalue weighted by Gasteiger charge is 2.17. The Morgan fingerprint density at radius 2 is 2.04 bits per heavy atom. The fourth-order valence-corrected chi connectivity index (χ4v) is 3.49. The average Bonchev–Trinajstić information content (AvgIpc) is 2.68. The van der Waals surface area contributed by atoms with Crippen LogP contribution < -0.4 is 10.1 Å². The number of pyridine rings is 1. The summed E-state index contributed by atoms with van der Waals surface area (Å²) in [5, 5.41) is 3.54. The second-order valence-corrected chi connectivity index (χ2v) is 6.87. The lowest BCUT2D eigenvalue weighted by atomic mass is 9.98. The number of piperidine rings is 1. The molecule has 1 aromatic heterocycles. The molecule has 0 bridgehead atoms. The van der Waals surface area contributed by atoms with Crippen molar-refractivity contribution in [2.75, 3.05) is 33.3 Å². The van der Waals surface area contributed by atoms with E-state index >= 15 is 0 Å². The van der Waals surface area contributed by atoms with Crippen molar-refractivity contribution < 1.29 is 4.74 Å². The molecule has 0 saturated carbocycles. The summed E-state index contributed by atoms with van der Waals surface area (Å²) < 4.78 is 5.27. The first-order valence-electron chi connectivity index (χ1n) is 9.29. The van der Waals surface area contributed by atoms with E-state index in [0.717, 1.165) is 44.3 Å². The smallest absolute Gasteiger partial charge is 0.118 e. The van der Waals surface area contributed by atoms with Gasteiger partial charge in [0.1, 0.15) is 5.75 Å². The number of methoxy groups -OCH3 is 1. The fraction of sp³-hybridized carbons (Fsp3) is 0.476. The molecule has 0 amide bonds. The van der Waals surface area contributed by atoms with E-state index in [1.165, 1.54) is 30.6 Å². The third-order valence-electron chi connectivity index (χ3n) is 4.89. The molecule has 1 aliphatic heterocycles. The fourth-order valence-electron chi connectivity index (χ4n) is 3.49. The summed E-state index contributed by atoms with van der Waals surface area (Å²) in [5.74, 6) is 1.66. The van der Waals surface area contributed by atoms with Gasteiger partial charge in [0.2, 0.25) is 0 Å². The summed E-state index contributed by atoms with van der Waals surface area (Å²) in [4.78, 5) is 7.05. The Hall–Kier alpha value is -1.62. The number of hydrogen-bond donors (Lipinski definition) is 1. The predicted octanol–water partition coefficient (Wildman–Crippen LogP) is 3.56. The van der Waals surface area contributed by atoms with Crippen LogP contribution in [0.3, 0.4) is 0 Å². The van der Waals surface area contributed by atoms with Crippen molar-refractivity contribution in [3.8, 4) is 5.75 Å². The predicted molar refractivity (Wildman–Crippen MR) is 109 cm³/mol. The Bertz CT molecular complexity index is 615. The van der Waals surface area contributed by atoms with Crippen LogP contribution in [-0.4, -0.2) is 43.2 Å². The van der Waals surface area contributed by atoms with Crippen LogP contribution in [0.2, 0.25) is 0 Å². The minimum atomic E-state index is 0. The molecule has 142 valence electrons. The van der Waals surface area contributed by atoms with Crippen molar-refractivity contribution in [2.24, 2.45) is 5.92 Å². The third kappa shape index (κ3) is 6.60. The summed E-state index contributed by atoms with van der Waals surface area (Å²) >= 11 is 0. The second kappa shape index (κ2) is 11.2. The van der Waals surface area contributed by atoms with Gasteiger partial charge in [-0.3, -0.25) is 9.88 Å². The lowest BCUT2D eigenvalue weighted by Gasteiger charge is -2.30. The van der Waals surface area contributed by atoms with Gasteiger partial charge in [0.25, 0.3) is 0 Å². The maximum atomic E-state index is 5.27. The summed E-state index contributed by atoms with van der Waals surface area (Å²) in [6, 6.07) is 14.6. The molecule has 0 radical (unpaired) electrons. The number of nitrogens with one attached hydrogen (secondary N) is 1. The zero-order valence-corrected chi connectivity index (χ0v) is 16.4. The lowest BCUT2D eigenvalue weighted by molar-refractivity contribution is 0.202. The van der Waals surface area contributed by atoms with E-state index in [4.69, 9.17) is 4.74 Å². The molecule has 4 nitrogen and oxygen atoms in total. The van der Waals surface area contributed by atoms with Gasteiger partial charge in [-0.2, -0.15) is 0 Å². The van der Waals surface area contributed by atoms with Gasteiger partial charge in [0, 0.05) is 37.9 Å². The minimum absolute atomic E-state index is 0. The average molecular weight is 376 g/mol. The van der Waals surface area contributed by atoms with Crippen molar-refractivity contribution in [1.29, 1.82) is 0 Å². The first-order valence-corrected chi connectivity index (χ1v) is 9.29. The van der Waals surface area contributed by atoms with E-state index in [1.807, 2.05) is 12.3 Å². The SMILES string of the molecule is COc1ccc(CN(CCc2ccccn2)CC2CCCNC2)cc1.Cl. The zero-order chi connectivity index (χ0) is 17.3. The Morgan fingerprint density at radius 1 is 1.19 bits per heavy atom. The van der Waals surface area contributed by atoms with Gasteiger partial charge in [0.15, 0.2) is 0 Å². The minimum Gasteiger partial charge on any atom is -0.497 e. The quantitative estimate of drug-likeness (QED) is 0.765. The molecule has 26 heavy (non-hydrogen) atoms. The van der Waals surface area contributed by atoms with Gasteiger partial charge in [-0.25, -0.2) is 0 Å². The van der Waals surface area contributed by atoms with Crippen molar-refractivity contribution in [3.05, 3.63) is 59.9 Å².